The normalized spacial score (nSPS) is 21.0. The Kier molecular flexibility index (Phi) is 6.71. The van der Waals surface area contributed by atoms with Gasteiger partial charge in [-0.05, 0) is 38.1 Å². The van der Waals surface area contributed by atoms with Crippen LogP contribution in [0.4, 0.5) is 0 Å². The number of methoxy groups -OCH3 is 1. The molecule has 2 N–H and O–H groups in total. The molecule has 0 radical (unpaired) electrons. The SMILES string of the molecule is COc1ccc(-c2[nH]ncc2CNCCS(=O)(=O)N2C[C@@H](C)O[C@@H](C)C2)cc1. The van der Waals surface area contributed by atoms with Crippen molar-refractivity contribution in [3.63, 3.8) is 0 Å². The van der Waals surface area contributed by atoms with Gasteiger partial charge in [-0.1, -0.05) is 0 Å². The average Bonchev–Trinajstić information content (AvgIpc) is 3.13. The molecule has 2 aromatic rings. The van der Waals surface area contributed by atoms with E-state index in [9.17, 15) is 8.42 Å². The number of sulfonamides is 1. The maximum atomic E-state index is 12.6. The molecular formula is C19H28N4O4S. The first-order chi connectivity index (χ1) is 13.4. The maximum absolute atomic E-state index is 12.6. The summed E-state index contributed by atoms with van der Waals surface area (Å²) in [4.78, 5) is 0. The third-order valence-electron chi connectivity index (χ3n) is 4.73. The molecule has 0 amide bonds. The van der Waals surface area contributed by atoms with Crippen LogP contribution in [0.5, 0.6) is 5.75 Å². The van der Waals surface area contributed by atoms with E-state index in [2.05, 4.69) is 15.5 Å². The second kappa shape index (κ2) is 9.04. The Hall–Kier alpha value is -1.94. The lowest BCUT2D eigenvalue weighted by Gasteiger charge is -2.34. The Labute approximate surface area is 166 Å². The van der Waals surface area contributed by atoms with Crippen LogP contribution in [-0.2, 0) is 21.3 Å². The number of H-pyrrole nitrogens is 1. The van der Waals surface area contributed by atoms with Gasteiger partial charge in [-0.3, -0.25) is 5.10 Å². The molecule has 1 aliphatic heterocycles. The van der Waals surface area contributed by atoms with E-state index in [4.69, 9.17) is 9.47 Å². The number of morpholine rings is 1. The van der Waals surface area contributed by atoms with Crippen LogP contribution in [0.3, 0.4) is 0 Å². The predicted molar refractivity (Wildman–Crippen MR) is 108 cm³/mol. The summed E-state index contributed by atoms with van der Waals surface area (Å²) in [5, 5.41) is 10.3. The molecule has 28 heavy (non-hydrogen) atoms. The summed E-state index contributed by atoms with van der Waals surface area (Å²) in [7, 11) is -1.67. The summed E-state index contributed by atoms with van der Waals surface area (Å²) in [6.07, 6.45) is 1.60. The van der Waals surface area contributed by atoms with E-state index >= 15 is 0 Å². The van der Waals surface area contributed by atoms with E-state index in [1.807, 2.05) is 38.1 Å². The van der Waals surface area contributed by atoms with Gasteiger partial charge in [-0.2, -0.15) is 9.40 Å². The summed E-state index contributed by atoms with van der Waals surface area (Å²) in [6, 6.07) is 7.71. The molecule has 0 aliphatic carbocycles. The Morgan fingerprint density at radius 3 is 2.57 bits per heavy atom. The molecule has 0 saturated carbocycles. The Balaban J connectivity index is 1.54. The number of aromatic nitrogens is 2. The number of benzene rings is 1. The zero-order chi connectivity index (χ0) is 20.1. The van der Waals surface area contributed by atoms with Gasteiger partial charge in [0.1, 0.15) is 5.75 Å². The minimum absolute atomic E-state index is 0.0577. The second-order valence-electron chi connectivity index (χ2n) is 7.07. The van der Waals surface area contributed by atoms with Gasteiger partial charge < -0.3 is 14.8 Å². The van der Waals surface area contributed by atoms with Gasteiger partial charge in [-0.25, -0.2) is 8.42 Å². The van der Waals surface area contributed by atoms with Crippen molar-refractivity contribution in [2.75, 3.05) is 32.5 Å². The molecule has 0 bridgehead atoms. The molecule has 1 saturated heterocycles. The van der Waals surface area contributed by atoms with Crippen LogP contribution in [0.2, 0.25) is 0 Å². The minimum atomic E-state index is -3.31. The third-order valence-corrected chi connectivity index (χ3v) is 6.53. The van der Waals surface area contributed by atoms with Crippen LogP contribution in [0.15, 0.2) is 30.5 Å². The Bertz CT molecular complexity index is 856. The molecule has 1 aromatic carbocycles. The molecule has 9 heteroatoms. The second-order valence-corrected chi connectivity index (χ2v) is 9.15. The lowest BCUT2D eigenvalue weighted by Crippen LogP contribution is -2.49. The van der Waals surface area contributed by atoms with Crippen LogP contribution < -0.4 is 10.1 Å². The number of nitrogens with one attached hydrogen (secondary N) is 2. The van der Waals surface area contributed by atoms with Gasteiger partial charge in [-0.15, -0.1) is 0 Å². The molecule has 2 atom stereocenters. The fourth-order valence-corrected chi connectivity index (χ4v) is 4.90. The molecule has 1 aromatic heterocycles. The highest BCUT2D eigenvalue weighted by Crippen LogP contribution is 2.23. The van der Waals surface area contributed by atoms with Crippen molar-refractivity contribution in [1.29, 1.82) is 0 Å². The Morgan fingerprint density at radius 2 is 1.93 bits per heavy atom. The van der Waals surface area contributed by atoms with Crippen molar-refractivity contribution < 1.29 is 17.9 Å². The highest BCUT2D eigenvalue weighted by Gasteiger charge is 2.30. The fourth-order valence-electron chi connectivity index (χ4n) is 3.36. The van der Waals surface area contributed by atoms with Crippen LogP contribution in [0.25, 0.3) is 11.3 Å². The quantitative estimate of drug-likeness (QED) is 0.645. The molecule has 1 fully saturated rings. The largest absolute Gasteiger partial charge is 0.497 e. The van der Waals surface area contributed by atoms with Crippen molar-refractivity contribution in [2.24, 2.45) is 0 Å². The van der Waals surface area contributed by atoms with Gasteiger partial charge in [0.05, 0.1) is 37.0 Å². The van der Waals surface area contributed by atoms with E-state index < -0.39 is 10.0 Å². The monoisotopic (exact) mass is 408 g/mol. The molecule has 3 rings (SSSR count). The number of rotatable bonds is 8. The molecule has 2 heterocycles. The molecule has 0 spiro atoms. The van der Waals surface area contributed by atoms with Crippen molar-refractivity contribution in [1.82, 2.24) is 19.8 Å². The Morgan fingerprint density at radius 1 is 1.25 bits per heavy atom. The smallest absolute Gasteiger partial charge is 0.215 e. The van der Waals surface area contributed by atoms with E-state index in [0.717, 1.165) is 22.6 Å². The topological polar surface area (TPSA) is 96.5 Å². The maximum Gasteiger partial charge on any atom is 0.215 e. The lowest BCUT2D eigenvalue weighted by molar-refractivity contribution is -0.0440. The van der Waals surface area contributed by atoms with Gasteiger partial charge >= 0.3 is 0 Å². The van der Waals surface area contributed by atoms with Crippen molar-refractivity contribution >= 4 is 10.0 Å². The zero-order valence-electron chi connectivity index (χ0n) is 16.5. The molecular weight excluding hydrogens is 380 g/mol. The molecule has 1 aliphatic rings. The molecule has 8 nitrogen and oxygen atoms in total. The average molecular weight is 409 g/mol. The van der Waals surface area contributed by atoms with Crippen molar-refractivity contribution in [3.8, 4) is 17.0 Å². The summed E-state index contributed by atoms with van der Waals surface area (Å²) < 4.78 is 37.5. The van der Waals surface area contributed by atoms with Crippen LogP contribution >= 0.6 is 0 Å². The number of ether oxygens (including phenoxy) is 2. The van der Waals surface area contributed by atoms with Crippen LogP contribution in [0, 0.1) is 0 Å². The first kappa shape index (κ1) is 20.8. The summed E-state index contributed by atoms with van der Waals surface area (Å²) in [6.45, 7) is 5.52. The lowest BCUT2D eigenvalue weighted by atomic mass is 10.1. The van der Waals surface area contributed by atoms with Gasteiger partial charge in [0.2, 0.25) is 10.0 Å². The number of hydrogen-bond acceptors (Lipinski definition) is 6. The summed E-state index contributed by atoms with van der Waals surface area (Å²) in [5.74, 6) is 0.849. The number of hydrogen-bond donors (Lipinski definition) is 2. The van der Waals surface area contributed by atoms with Crippen LogP contribution in [0.1, 0.15) is 19.4 Å². The first-order valence-electron chi connectivity index (χ1n) is 9.39. The number of aromatic amines is 1. The van der Waals surface area contributed by atoms with Crippen molar-refractivity contribution in [2.45, 2.75) is 32.6 Å². The summed E-state index contributed by atoms with van der Waals surface area (Å²) >= 11 is 0. The molecule has 0 unspecified atom stereocenters. The third kappa shape index (κ3) is 5.11. The zero-order valence-corrected chi connectivity index (χ0v) is 17.3. The van der Waals surface area contributed by atoms with E-state index in [-0.39, 0.29) is 18.0 Å². The minimum Gasteiger partial charge on any atom is -0.497 e. The van der Waals surface area contributed by atoms with Gasteiger partial charge in [0.25, 0.3) is 0 Å². The van der Waals surface area contributed by atoms with Gasteiger partial charge in [0, 0.05) is 37.3 Å². The van der Waals surface area contributed by atoms with Crippen molar-refractivity contribution in [3.05, 3.63) is 36.0 Å². The fraction of sp³-hybridized carbons (Fsp3) is 0.526. The van der Waals surface area contributed by atoms with E-state index in [1.54, 1.807) is 13.3 Å². The highest BCUT2D eigenvalue weighted by molar-refractivity contribution is 7.89. The standard InChI is InChI=1S/C19H28N4O4S/c1-14-12-23(13-15(2)27-14)28(24,25)9-8-20-10-17-11-21-22-19(17)16-4-6-18(26-3)7-5-16/h4-7,11,14-15,20H,8-10,12-13H2,1-3H3,(H,21,22)/t14-,15+. The van der Waals surface area contributed by atoms with E-state index in [0.29, 0.717) is 26.2 Å². The van der Waals surface area contributed by atoms with E-state index in [1.165, 1.54) is 4.31 Å². The highest BCUT2D eigenvalue weighted by atomic mass is 32.2. The van der Waals surface area contributed by atoms with Gasteiger partial charge in [0.15, 0.2) is 0 Å². The number of nitrogens with zero attached hydrogens (tertiary/aromatic N) is 2. The first-order valence-corrected chi connectivity index (χ1v) is 11.0. The van der Waals surface area contributed by atoms with Crippen LogP contribution in [-0.4, -0.2) is 67.6 Å². The summed E-state index contributed by atoms with van der Waals surface area (Å²) in [5.41, 5.74) is 2.89. The molecule has 154 valence electrons. The predicted octanol–water partition coefficient (Wildman–Crippen LogP) is 1.61.